The third-order valence-corrected chi connectivity index (χ3v) is 9.26. The average molecular weight is 328 g/mol. The minimum absolute atomic E-state index is 0.0498. The molecular formula is C17H33NO3Si. The molecule has 1 aliphatic heterocycles. The van der Waals surface area contributed by atoms with Gasteiger partial charge < -0.3 is 9.16 Å². The van der Waals surface area contributed by atoms with E-state index in [-0.39, 0.29) is 17.2 Å². The quantitative estimate of drug-likeness (QED) is 0.519. The molecule has 5 heteroatoms. The number of carbonyl (C=O) groups is 1. The van der Waals surface area contributed by atoms with Gasteiger partial charge in [-0.25, -0.2) is 9.69 Å². The van der Waals surface area contributed by atoms with Crippen molar-refractivity contribution in [2.45, 2.75) is 79.1 Å². The summed E-state index contributed by atoms with van der Waals surface area (Å²) in [6, 6.07) is 0.0498. The van der Waals surface area contributed by atoms with E-state index >= 15 is 0 Å². The van der Waals surface area contributed by atoms with Gasteiger partial charge in [0.15, 0.2) is 5.88 Å². The Morgan fingerprint density at radius 3 is 2.36 bits per heavy atom. The number of cyclic esters (lactones) is 1. The molecule has 1 heterocycles. The van der Waals surface area contributed by atoms with Crippen LogP contribution in [0.2, 0.25) is 18.1 Å². The van der Waals surface area contributed by atoms with Crippen LogP contribution >= 0.6 is 0 Å². The zero-order valence-corrected chi connectivity index (χ0v) is 16.7. The van der Waals surface area contributed by atoms with E-state index in [9.17, 15) is 4.79 Å². The van der Waals surface area contributed by atoms with Crippen LogP contribution in [0, 0.1) is 5.92 Å². The molecule has 1 aliphatic rings. The van der Waals surface area contributed by atoms with E-state index in [1.165, 1.54) is 0 Å². The van der Waals surface area contributed by atoms with E-state index in [2.05, 4.69) is 54.6 Å². The van der Waals surface area contributed by atoms with Crippen LogP contribution in [0.3, 0.4) is 0 Å². The Kier molecular flexibility index (Phi) is 5.76. The zero-order valence-electron chi connectivity index (χ0n) is 15.7. The molecule has 128 valence electrons. The summed E-state index contributed by atoms with van der Waals surface area (Å²) >= 11 is 0. The molecule has 0 aromatic carbocycles. The van der Waals surface area contributed by atoms with Gasteiger partial charge in [0, 0.05) is 0 Å². The van der Waals surface area contributed by atoms with Gasteiger partial charge in [-0.15, -0.1) is 0 Å². The van der Waals surface area contributed by atoms with Crippen molar-refractivity contribution in [3.63, 3.8) is 0 Å². The number of amides is 1. The Bertz CT molecular complexity index is 449. The molecule has 0 aromatic rings. The Labute approximate surface area is 137 Å². The predicted molar refractivity (Wildman–Crippen MR) is 93.1 cm³/mol. The van der Waals surface area contributed by atoms with Gasteiger partial charge in [-0.05, 0) is 43.0 Å². The zero-order chi connectivity index (χ0) is 17.3. The van der Waals surface area contributed by atoms with Crippen molar-refractivity contribution in [1.82, 2.24) is 4.90 Å². The highest BCUT2D eigenvalue weighted by atomic mass is 28.4. The monoisotopic (exact) mass is 327 g/mol. The van der Waals surface area contributed by atoms with Gasteiger partial charge in [0.05, 0.1) is 6.04 Å². The van der Waals surface area contributed by atoms with Gasteiger partial charge in [0.1, 0.15) is 6.61 Å². The molecule has 0 bridgehead atoms. The fourth-order valence-corrected chi connectivity index (χ4v) is 3.11. The van der Waals surface area contributed by atoms with Gasteiger partial charge in [-0.2, -0.15) is 0 Å². The van der Waals surface area contributed by atoms with Crippen molar-refractivity contribution in [1.29, 1.82) is 0 Å². The molecule has 1 saturated heterocycles. The largest absolute Gasteiger partial charge is 0.532 e. The molecule has 1 rings (SSSR count). The summed E-state index contributed by atoms with van der Waals surface area (Å²) in [4.78, 5) is 14.0. The van der Waals surface area contributed by atoms with Crippen LogP contribution in [0.25, 0.3) is 0 Å². The summed E-state index contributed by atoms with van der Waals surface area (Å²) in [6.07, 6.45) is 0.582. The second-order valence-electron chi connectivity index (χ2n) is 8.06. The number of rotatable bonds is 5. The molecule has 4 nitrogen and oxygen atoms in total. The molecule has 0 spiro atoms. The standard InChI is InChI=1S/C17H33NO3Si/c1-10-13(4)15(21-22(8,9)17(5,6)7)18-14(12(2)3)11-20-16(18)19/h12,14H,10-11H2,1-9H3/b15-13+/t14-/m1/s1. The molecule has 0 aliphatic carbocycles. The molecule has 1 atom stereocenters. The van der Waals surface area contributed by atoms with Crippen LogP contribution in [0.4, 0.5) is 4.79 Å². The second kappa shape index (κ2) is 6.65. The molecular weight excluding hydrogens is 294 g/mol. The van der Waals surface area contributed by atoms with Crippen molar-refractivity contribution in [3.8, 4) is 0 Å². The Balaban J connectivity index is 3.23. The van der Waals surface area contributed by atoms with Crippen molar-refractivity contribution >= 4 is 14.4 Å². The first kappa shape index (κ1) is 19.1. The topological polar surface area (TPSA) is 38.8 Å². The summed E-state index contributed by atoms with van der Waals surface area (Å²) in [5.41, 5.74) is 1.11. The van der Waals surface area contributed by atoms with E-state index < -0.39 is 8.32 Å². The van der Waals surface area contributed by atoms with E-state index in [0.717, 1.165) is 17.9 Å². The van der Waals surface area contributed by atoms with E-state index in [4.69, 9.17) is 9.16 Å². The smallest absolute Gasteiger partial charge is 0.417 e. The summed E-state index contributed by atoms with van der Waals surface area (Å²) in [5.74, 6) is 1.06. The Morgan fingerprint density at radius 1 is 1.41 bits per heavy atom. The molecule has 0 unspecified atom stereocenters. The number of hydrogen-bond donors (Lipinski definition) is 0. The first-order valence-corrected chi connectivity index (χ1v) is 11.2. The molecule has 0 saturated carbocycles. The Morgan fingerprint density at radius 2 is 1.95 bits per heavy atom. The van der Waals surface area contributed by atoms with Gasteiger partial charge in [-0.3, -0.25) is 0 Å². The fourth-order valence-electron chi connectivity index (χ4n) is 2.05. The number of hydrogen-bond acceptors (Lipinski definition) is 3. The molecule has 1 fully saturated rings. The lowest BCUT2D eigenvalue weighted by molar-refractivity contribution is 0.146. The maximum absolute atomic E-state index is 12.3. The normalized spacial score (nSPS) is 21.1. The third kappa shape index (κ3) is 3.86. The number of allylic oxidation sites excluding steroid dienone is 1. The number of ether oxygens (including phenoxy) is 1. The van der Waals surface area contributed by atoms with Crippen molar-refractivity contribution in [2.75, 3.05) is 6.61 Å². The van der Waals surface area contributed by atoms with Crippen LogP contribution in [-0.2, 0) is 9.16 Å². The molecule has 0 aromatic heterocycles. The molecule has 1 amide bonds. The van der Waals surface area contributed by atoms with Crippen LogP contribution in [0.15, 0.2) is 11.5 Å². The van der Waals surface area contributed by atoms with E-state index in [1.54, 1.807) is 4.90 Å². The highest BCUT2D eigenvalue weighted by molar-refractivity contribution is 6.74. The first-order chi connectivity index (χ1) is 9.92. The fraction of sp³-hybridized carbons (Fsp3) is 0.824. The van der Waals surface area contributed by atoms with E-state index in [1.807, 2.05) is 6.92 Å². The number of carbonyl (C=O) groups excluding carboxylic acids is 1. The lowest BCUT2D eigenvalue weighted by atomic mass is 10.0. The summed E-state index contributed by atoms with van der Waals surface area (Å²) < 4.78 is 11.8. The molecule has 0 radical (unpaired) electrons. The van der Waals surface area contributed by atoms with Crippen molar-refractivity contribution in [2.24, 2.45) is 5.92 Å². The van der Waals surface area contributed by atoms with Gasteiger partial charge in [-0.1, -0.05) is 41.5 Å². The highest BCUT2D eigenvalue weighted by Crippen LogP contribution is 2.40. The molecule has 22 heavy (non-hydrogen) atoms. The summed E-state index contributed by atoms with van der Waals surface area (Å²) in [7, 11) is -2.02. The average Bonchev–Trinajstić information content (AvgIpc) is 2.75. The first-order valence-electron chi connectivity index (χ1n) is 8.27. The minimum Gasteiger partial charge on any atom is -0.532 e. The lowest BCUT2D eigenvalue weighted by Crippen LogP contribution is -2.46. The summed E-state index contributed by atoms with van der Waals surface area (Å²) in [6.45, 7) is 19.9. The third-order valence-electron chi connectivity index (χ3n) is 4.95. The predicted octanol–water partition coefficient (Wildman–Crippen LogP) is 5.13. The van der Waals surface area contributed by atoms with Crippen molar-refractivity contribution < 1.29 is 14.0 Å². The van der Waals surface area contributed by atoms with E-state index in [0.29, 0.717) is 12.5 Å². The molecule has 0 N–H and O–H groups in total. The maximum Gasteiger partial charge on any atom is 0.417 e. The van der Waals surface area contributed by atoms with Crippen LogP contribution in [0.1, 0.15) is 54.9 Å². The highest BCUT2D eigenvalue weighted by Gasteiger charge is 2.44. The second-order valence-corrected chi connectivity index (χ2v) is 12.8. The van der Waals surface area contributed by atoms with Gasteiger partial charge >= 0.3 is 6.09 Å². The lowest BCUT2D eigenvalue weighted by Gasteiger charge is -2.40. The van der Waals surface area contributed by atoms with Crippen LogP contribution in [0.5, 0.6) is 0 Å². The van der Waals surface area contributed by atoms with Gasteiger partial charge in [0.25, 0.3) is 8.32 Å². The Hall–Kier alpha value is -0.973. The minimum atomic E-state index is -2.02. The summed E-state index contributed by atoms with van der Waals surface area (Å²) in [5, 5.41) is 0.0865. The number of nitrogens with zero attached hydrogens (tertiary/aromatic N) is 1. The SMILES string of the molecule is CC/C(C)=C(/O[Si](C)(C)C(C)(C)C)N1C(=O)OC[C@@H]1C(C)C. The van der Waals surface area contributed by atoms with Gasteiger partial charge in [0.2, 0.25) is 0 Å². The van der Waals surface area contributed by atoms with Crippen molar-refractivity contribution in [3.05, 3.63) is 11.5 Å². The van der Waals surface area contributed by atoms with Crippen LogP contribution < -0.4 is 0 Å². The van der Waals surface area contributed by atoms with Crippen LogP contribution in [-0.4, -0.2) is 32.0 Å². The maximum atomic E-state index is 12.3.